The molecule has 1 fully saturated rings. The van der Waals surface area contributed by atoms with Crippen LogP contribution in [0.3, 0.4) is 0 Å². The average molecular weight is 327 g/mol. The second kappa shape index (κ2) is 6.86. The van der Waals surface area contributed by atoms with Crippen LogP contribution in [0.25, 0.3) is 10.9 Å². The molecule has 1 aliphatic rings. The molecule has 1 atom stereocenters. The van der Waals surface area contributed by atoms with Gasteiger partial charge >= 0.3 is 0 Å². The molecule has 0 radical (unpaired) electrons. The van der Waals surface area contributed by atoms with Gasteiger partial charge in [0.05, 0.1) is 5.56 Å². The van der Waals surface area contributed by atoms with Crippen LogP contribution in [-0.4, -0.2) is 28.9 Å². The summed E-state index contributed by atoms with van der Waals surface area (Å²) in [5, 5.41) is 6.30. The van der Waals surface area contributed by atoms with E-state index in [2.05, 4.69) is 15.6 Å². The largest absolute Gasteiger partial charge is 0.352 e. The number of benzene rings is 1. The Balaban J connectivity index is 1.74. The zero-order valence-electron chi connectivity index (χ0n) is 13.6. The quantitative estimate of drug-likeness (QED) is 0.798. The number of aromatic amines is 1. The van der Waals surface area contributed by atoms with Gasteiger partial charge in [-0.05, 0) is 25.8 Å². The van der Waals surface area contributed by atoms with Gasteiger partial charge in [-0.3, -0.25) is 14.4 Å². The number of H-pyrrole nitrogens is 1. The molecule has 1 aromatic heterocycles. The maximum atomic E-state index is 12.5. The third-order valence-electron chi connectivity index (χ3n) is 4.44. The smallest absolute Gasteiger partial charge is 0.252 e. The highest BCUT2D eigenvalue weighted by atomic mass is 16.2. The molecule has 0 saturated heterocycles. The third kappa shape index (κ3) is 3.48. The lowest BCUT2D eigenvalue weighted by Gasteiger charge is -2.18. The van der Waals surface area contributed by atoms with Gasteiger partial charge in [0.1, 0.15) is 6.04 Å². The van der Waals surface area contributed by atoms with Crippen LogP contribution in [0.1, 0.15) is 43.0 Å². The number of carbonyl (C=O) groups excluding carboxylic acids is 2. The van der Waals surface area contributed by atoms with E-state index in [9.17, 15) is 14.4 Å². The zero-order valence-corrected chi connectivity index (χ0v) is 13.6. The minimum atomic E-state index is -0.656. The Hall–Kier alpha value is -2.63. The van der Waals surface area contributed by atoms with Crippen LogP contribution in [-0.2, 0) is 4.79 Å². The van der Waals surface area contributed by atoms with Crippen LogP contribution in [0.15, 0.2) is 35.1 Å². The minimum Gasteiger partial charge on any atom is -0.352 e. The van der Waals surface area contributed by atoms with Crippen molar-refractivity contribution in [3.63, 3.8) is 0 Å². The van der Waals surface area contributed by atoms with E-state index >= 15 is 0 Å². The van der Waals surface area contributed by atoms with Crippen molar-refractivity contribution >= 4 is 22.7 Å². The predicted octanol–water partition coefficient (Wildman–Crippen LogP) is 1.71. The topological polar surface area (TPSA) is 91.1 Å². The lowest BCUT2D eigenvalue weighted by atomic mass is 10.1. The summed E-state index contributed by atoms with van der Waals surface area (Å²) in [7, 11) is 0. The number of rotatable bonds is 4. The standard InChI is InChI=1S/C18H21N3O3/c1-11(17(23)20-12-6-2-3-7-12)19-18(24)14-10-16(22)21-15-9-5-4-8-13(14)15/h4-5,8-12H,2-3,6-7H2,1H3,(H,19,24)(H,20,23)(H,21,22)/t11-/m0/s1. The number of pyridine rings is 1. The first-order valence-corrected chi connectivity index (χ1v) is 8.28. The van der Waals surface area contributed by atoms with Crippen molar-refractivity contribution in [2.24, 2.45) is 0 Å². The van der Waals surface area contributed by atoms with Crippen molar-refractivity contribution < 1.29 is 9.59 Å². The summed E-state index contributed by atoms with van der Waals surface area (Å²) in [5.74, 6) is -0.615. The van der Waals surface area contributed by atoms with Crippen molar-refractivity contribution in [1.29, 1.82) is 0 Å². The number of para-hydroxylation sites is 1. The molecule has 6 heteroatoms. The van der Waals surface area contributed by atoms with E-state index in [1.807, 2.05) is 0 Å². The lowest BCUT2D eigenvalue weighted by Crippen LogP contribution is -2.47. The molecule has 126 valence electrons. The molecular formula is C18H21N3O3. The molecule has 1 aliphatic carbocycles. The molecule has 3 rings (SSSR count). The van der Waals surface area contributed by atoms with Crippen molar-refractivity contribution in [3.05, 3.63) is 46.2 Å². The van der Waals surface area contributed by atoms with Gasteiger partial charge in [0.2, 0.25) is 11.5 Å². The number of fused-ring (bicyclic) bond motifs is 1. The number of hydrogen-bond donors (Lipinski definition) is 3. The van der Waals surface area contributed by atoms with Gasteiger partial charge in [0.25, 0.3) is 5.91 Å². The highest BCUT2D eigenvalue weighted by Crippen LogP contribution is 2.18. The maximum absolute atomic E-state index is 12.5. The van der Waals surface area contributed by atoms with Crippen LogP contribution in [0.2, 0.25) is 0 Å². The number of nitrogens with one attached hydrogen (secondary N) is 3. The molecule has 0 unspecified atom stereocenters. The second-order valence-corrected chi connectivity index (χ2v) is 6.28. The summed E-state index contributed by atoms with van der Waals surface area (Å²) < 4.78 is 0. The van der Waals surface area contributed by atoms with Gasteiger partial charge in [-0.15, -0.1) is 0 Å². The Morgan fingerprint density at radius 3 is 2.67 bits per heavy atom. The monoisotopic (exact) mass is 327 g/mol. The van der Waals surface area contributed by atoms with Crippen LogP contribution in [0, 0.1) is 0 Å². The van der Waals surface area contributed by atoms with E-state index in [1.54, 1.807) is 31.2 Å². The molecule has 0 spiro atoms. The van der Waals surface area contributed by atoms with E-state index in [-0.39, 0.29) is 23.1 Å². The molecule has 2 aromatic rings. The maximum Gasteiger partial charge on any atom is 0.252 e. The number of hydrogen-bond acceptors (Lipinski definition) is 3. The molecule has 24 heavy (non-hydrogen) atoms. The fourth-order valence-corrected chi connectivity index (χ4v) is 3.13. The highest BCUT2D eigenvalue weighted by molar-refractivity contribution is 6.07. The highest BCUT2D eigenvalue weighted by Gasteiger charge is 2.22. The Labute approximate surface area is 139 Å². The minimum absolute atomic E-state index is 0.190. The molecule has 1 heterocycles. The Morgan fingerprint density at radius 2 is 1.92 bits per heavy atom. The van der Waals surface area contributed by atoms with Gasteiger partial charge in [-0.2, -0.15) is 0 Å². The average Bonchev–Trinajstić information content (AvgIpc) is 3.06. The predicted molar refractivity (Wildman–Crippen MR) is 91.9 cm³/mol. The number of carbonyl (C=O) groups is 2. The van der Waals surface area contributed by atoms with Gasteiger partial charge in [0.15, 0.2) is 0 Å². The third-order valence-corrected chi connectivity index (χ3v) is 4.44. The Morgan fingerprint density at radius 1 is 1.21 bits per heavy atom. The molecule has 1 aromatic carbocycles. The summed E-state index contributed by atoms with van der Waals surface area (Å²) in [5.41, 5.74) is 0.523. The summed E-state index contributed by atoms with van der Waals surface area (Å²) >= 11 is 0. The normalized spacial score (nSPS) is 16.0. The van der Waals surface area contributed by atoms with E-state index < -0.39 is 11.9 Å². The van der Waals surface area contributed by atoms with Crippen molar-refractivity contribution in [1.82, 2.24) is 15.6 Å². The molecule has 3 N–H and O–H groups in total. The van der Waals surface area contributed by atoms with E-state index in [0.29, 0.717) is 10.9 Å². The number of aromatic nitrogens is 1. The van der Waals surface area contributed by atoms with Gasteiger partial charge in [-0.1, -0.05) is 31.0 Å². The first-order valence-electron chi connectivity index (χ1n) is 8.28. The Bertz CT molecular complexity index is 822. The van der Waals surface area contributed by atoms with E-state index in [0.717, 1.165) is 25.7 Å². The van der Waals surface area contributed by atoms with Crippen molar-refractivity contribution in [3.8, 4) is 0 Å². The Kier molecular flexibility index (Phi) is 4.64. The van der Waals surface area contributed by atoms with Crippen LogP contribution < -0.4 is 16.2 Å². The fraction of sp³-hybridized carbons (Fsp3) is 0.389. The molecule has 6 nitrogen and oxygen atoms in total. The van der Waals surface area contributed by atoms with E-state index in [1.165, 1.54) is 6.07 Å². The molecule has 2 amide bonds. The first kappa shape index (κ1) is 16.2. The summed E-state index contributed by atoms with van der Waals surface area (Å²) in [6.45, 7) is 1.65. The number of amides is 2. The summed E-state index contributed by atoms with van der Waals surface area (Å²) in [6.07, 6.45) is 4.24. The summed E-state index contributed by atoms with van der Waals surface area (Å²) in [4.78, 5) is 39.2. The molecule has 1 saturated carbocycles. The molecule has 0 bridgehead atoms. The first-order chi connectivity index (χ1) is 11.5. The fourth-order valence-electron chi connectivity index (χ4n) is 3.13. The zero-order chi connectivity index (χ0) is 17.1. The van der Waals surface area contributed by atoms with E-state index in [4.69, 9.17) is 0 Å². The summed E-state index contributed by atoms with van der Waals surface area (Å²) in [6, 6.07) is 7.91. The molecular weight excluding hydrogens is 306 g/mol. The SMILES string of the molecule is C[C@H](NC(=O)c1cc(=O)[nH]c2ccccc12)C(=O)NC1CCCC1. The van der Waals surface area contributed by atoms with Crippen molar-refractivity contribution in [2.45, 2.75) is 44.7 Å². The molecule has 0 aliphatic heterocycles. The van der Waals surface area contributed by atoms with Gasteiger partial charge < -0.3 is 15.6 Å². The van der Waals surface area contributed by atoms with Crippen LogP contribution in [0.5, 0.6) is 0 Å². The van der Waals surface area contributed by atoms with Gasteiger partial charge in [-0.25, -0.2) is 0 Å². The van der Waals surface area contributed by atoms with Crippen LogP contribution in [0.4, 0.5) is 0 Å². The lowest BCUT2D eigenvalue weighted by molar-refractivity contribution is -0.123. The van der Waals surface area contributed by atoms with Crippen LogP contribution >= 0.6 is 0 Å². The van der Waals surface area contributed by atoms with Gasteiger partial charge in [0, 0.05) is 23.0 Å². The van der Waals surface area contributed by atoms with Crippen molar-refractivity contribution in [2.75, 3.05) is 0 Å². The second-order valence-electron chi connectivity index (χ2n) is 6.28.